The second kappa shape index (κ2) is 8.51. The average Bonchev–Trinajstić information content (AvgIpc) is 3.14. The molecule has 1 saturated heterocycles. The van der Waals surface area contributed by atoms with E-state index in [-0.39, 0.29) is 12.4 Å². The summed E-state index contributed by atoms with van der Waals surface area (Å²) in [5.74, 6) is 1.41. The molecule has 0 spiro atoms. The molecule has 1 aromatic carbocycles. The number of pyridine rings is 1. The first kappa shape index (κ1) is 19.2. The molecule has 4 rings (SSSR count). The summed E-state index contributed by atoms with van der Waals surface area (Å²) in [6.45, 7) is 6.55. The number of ether oxygens (including phenoxy) is 2. The van der Waals surface area contributed by atoms with Crippen molar-refractivity contribution in [2.45, 2.75) is 45.4 Å². The third-order valence-electron chi connectivity index (χ3n) is 5.51. The van der Waals surface area contributed by atoms with Gasteiger partial charge in [0.05, 0.1) is 11.6 Å². The molecule has 3 heterocycles. The molecule has 1 fully saturated rings. The summed E-state index contributed by atoms with van der Waals surface area (Å²) in [6.07, 6.45) is 3.32. The number of likely N-dealkylation sites (tertiary alicyclic amines) is 1. The zero-order chi connectivity index (χ0) is 19.5. The average molecular weight is 387 g/mol. The molecule has 152 valence electrons. The third kappa shape index (κ3) is 4.16. The van der Waals surface area contributed by atoms with Crippen LogP contribution >= 0.6 is 0 Å². The van der Waals surface area contributed by atoms with Crippen LogP contribution in [0.4, 0.5) is 0 Å². The van der Waals surface area contributed by atoms with Gasteiger partial charge in [-0.15, -0.1) is 0 Å². The number of aliphatic hydroxyl groups is 1. The molecular formula is C21H29N3O4. The zero-order valence-corrected chi connectivity index (χ0v) is 16.4. The van der Waals surface area contributed by atoms with E-state index in [4.69, 9.17) is 9.47 Å². The fourth-order valence-corrected chi connectivity index (χ4v) is 4.02. The van der Waals surface area contributed by atoms with Crippen LogP contribution in [-0.2, 0) is 13.1 Å². The second-order valence-corrected chi connectivity index (χ2v) is 7.77. The summed E-state index contributed by atoms with van der Waals surface area (Å²) in [6, 6.07) is 5.79. The molecule has 0 aliphatic carbocycles. The lowest BCUT2D eigenvalue weighted by atomic mass is 10.1. The SMILES string of the molecule is CC(O)CNCc1cc2cc3c(cc2n(CCN2CCCCC2)c1=O)OCO3. The van der Waals surface area contributed by atoms with Crippen LogP contribution < -0.4 is 20.3 Å². The Balaban J connectivity index is 1.66. The van der Waals surface area contributed by atoms with Gasteiger partial charge in [-0.05, 0) is 45.0 Å². The van der Waals surface area contributed by atoms with Gasteiger partial charge in [0, 0.05) is 43.2 Å². The highest BCUT2D eigenvalue weighted by atomic mass is 16.7. The summed E-state index contributed by atoms with van der Waals surface area (Å²) >= 11 is 0. The minimum absolute atomic E-state index is 0.0152. The summed E-state index contributed by atoms with van der Waals surface area (Å²) in [7, 11) is 0. The Kier molecular flexibility index (Phi) is 5.85. The number of aliphatic hydroxyl groups excluding tert-OH is 1. The van der Waals surface area contributed by atoms with Gasteiger partial charge in [0.15, 0.2) is 11.5 Å². The van der Waals surface area contributed by atoms with Crippen molar-refractivity contribution in [1.82, 2.24) is 14.8 Å². The summed E-state index contributed by atoms with van der Waals surface area (Å²) in [5.41, 5.74) is 1.60. The molecule has 7 heteroatoms. The highest BCUT2D eigenvalue weighted by molar-refractivity contribution is 5.84. The van der Waals surface area contributed by atoms with Crippen molar-refractivity contribution in [2.24, 2.45) is 0 Å². The summed E-state index contributed by atoms with van der Waals surface area (Å²) in [4.78, 5) is 15.6. The minimum atomic E-state index is -0.449. The van der Waals surface area contributed by atoms with Crippen molar-refractivity contribution in [2.75, 3.05) is 33.0 Å². The first-order chi connectivity index (χ1) is 13.6. The highest BCUT2D eigenvalue weighted by Crippen LogP contribution is 2.35. The number of hydrogen-bond donors (Lipinski definition) is 2. The van der Waals surface area contributed by atoms with Crippen LogP contribution in [0.1, 0.15) is 31.7 Å². The van der Waals surface area contributed by atoms with Gasteiger partial charge in [-0.2, -0.15) is 0 Å². The molecule has 1 aromatic heterocycles. The second-order valence-electron chi connectivity index (χ2n) is 7.77. The maximum atomic E-state index is 13.2. The van der Waals surface area contributed by atoms with Gasteiger partial charge in [0.1, 0.15) is 0 Å². The van der Waals surface area contributed by atoms with Gasteiger partial charge in [-0.3, -0.25) is 4.79 Å². The monoisotopic (exact) mass is 387 g/mol. The first-order valence-corrected chi connectivity index (χ1v) is 10.2. The van der Waals surface area contributed by atoms with E-state index in [1.165, 1.54) is 19.3 Å². The van der Waals surface area contributed by atoms with Crippen molar-refractivity contribution in [3.05, 3.63) is 34.1 Å². The van der Waals surface area contributed by atoms with E-state index in [1.807, 2.05) is 22.8 Å². The fraction of sp³-hybridized carbons (Fsp3) is 0.571. The number of rotatable bonds is 7. The number of hydrogen-bond acceptors (Lipinski definition) is 6. The lowest BCUT2D eigenvalue weighted by Crippen LogP contribution is -2.36. The van der Waals surface area contributed by atoms with E-state index in [0.29, 0.717) is 30.9 Å². The van der Waals surface area contributed by atoms with E-state index in [9.17, 15) is 9.90 Å². The predicted octanol–water partition coefficient (Wildman–Crippen LogP) is 1.69. The number of nitrogens with zero attached hydrogens (tertiary/aromatic N) is 2. The quantitative estimate of drug-likeness (QED) is 0.753. The van der Waals surface area contributed by atoms with Crippen molar-refractivity contribution in [3.63, 3.8) is 0 Å². The van der Waals surface area contributed by atoms with E-state index in [0.717, 1.165) is 36.3 Å². The van der Waals surface area contributed by atoms with Gasteiger partial charge in [0.2, 0.25) is 6.79 Å². The van der Waals surface area contributed by atoms with Gasteiger partial charge in [-0.1, -0.05) is 6.42 Å². The van der Waals surface area contributed by atoms with Gasteiger partial charge < -0.3 is 29.4 Å². The third-order valence-corrected chi connectivity index (χ3v) is 5.51. The van der Waals surface area contributed by atoms with Crippen LogP contribution in [0.15, 0.2) is 23.0 Å². The van der Waals surface area contributed by atoms with Gasteiger partial charge >= 0.3 is 0 Å². The number of aromatic nitrogens is 1. The molecule has 0 saturated carbocycles. The lowest BCUT2D eigenvalue weighted by Gasteiger charge is -2.27. The Bertz CT molecular complexity index is 887. The minimum Gasteiger partial charge on any atom is -0.454 e. The molecule has 2 aromatic rings. The molecule has 0 bridgehead atoms. The Morgan fingerprint density at radius 2 is 1.86 bits per heavy atom. The number of piperidine rings is 1. The predicted molar refractivity (Wildman–Crippen MR) is 108 cm³/mol. The standard InChI is InChI=1S/C21H29N3O4/c1-15(25)12-22-13-17-9-16-10-19-20(28-14-27-19)11-18(16)24(21(17)26)8-7-23-5-3-2-4-6-23/h9-11,15,22,25H,2-8,12-14H2,1H3. The molecule has 0 amide bonds. The molecule has 2 aliphatic heterocycles. The first-order valence-electron chi connectivity index (χ1n) is 10.2. The van der Waals surface area contributed by atoms with Crippen molar-refractivity contribution < 1.29 is 14.6 Å². The Labute approximate surface area is 164 Å². The van der Waals surface area contributed by atoms with Crippen LogP contribution in [0.2, 0.25) is 0 Å². The van der Waals surface area contributed by atoms with Crippen LogP contribution in [0.5, 0.6) is 11.5 Å². The number of nitrogens with one attached hydrogen (secondary N) is 1. The number of benzene rings is 1. The van der Waals surface area contributed by atoms with E-state index >= 15 is 0 Å². The van der Waals surface area contributed by atoms with E-state index < -0.39 is 6.10 Å². The molecule has 7 nitrogen and oxygen atoms in total. The molecule has 0 radical (unpaired) electrons. The molecule has 2 N–H and O–H groups in total. The molecule has 1 unspecified atom stereocenters. The molecule has 28 heavy (non-hydrogen) atoms. The lowest BCUT2D eigenvalue weighted by molar-refractivity contribution is 0.174. The maximum Gasteiger partial charge on any atom is 0.255 e. The Morgan fingerprint density at radius 3 is 2.61 bits per heavy atom. The van der Waals surface area contributed by atoms with Gasteiger partial charge in [-0.25, -0.2) is 0 Å². The van der Waals surface area contributed by atoms with Crippen LogP contribution in [0, 0.1) is 0 Å². The smallest absolute Gasteiger partial charge is 0.255 e. The molecule has 2 aliphatic rings. The van der Waals surface area contributed by atoms with Crippen LogP contribution in [0.25, 0.3) is 10.9 Å². The maximum absolute atomic E-state index is 13.2. The van der Waals surface area contributed by atoms with Crippen molar-refractivity contribution >= 4 is 10.9 Å². The van der Waals surface area contributed by atoms with E-state index in [2.05, 4.69) is 10.2 Å². The summed E-state index contributed by atoms with van der Waals surface area (Å²) < 4.78 is 12.9. The largest absolute Gasteiger partial charge is 0.454 e. The Hall–Kier alpha value is -2.09. The van der Waals surface area contributed by atoms with Gasteiger partial charge in [0.25, 0.3) is 5.56 Å². The van der Waals surface area contributed by atoms with Crippen LogP contribution in [-0.4, -0.2) is 53.6 Å². The number of fused-ring (bicyclic) bond motifs is 2. The van der Waals surface area contributed by atoms with Crippen LogP contribution in [0.3, 0.4) is 0 Å². The summed E-state index contributed by atoms with van der Waals surface area (Å²) in [5, 5.41) is 13.6. The normalized spacial score (nSPS) is 17.9. The van der Waals surface area contributed by atoms with E-state index in [1.54, 1.807) is 6.92 Å². The van der Waals surface area contributed by atoms with Crippen molar-refractivity contribution in [3.8, 4) is 11.5 Å². The molecular weight excluding hydrogens is 358 g/mol. The Morgan fingerprint density at radius 1 is 1.11 bits per heavy atom. The highest BCUT2D eigenvalue weighted by Gasteiger charge is 2.19. The molecule has 1 atom stereocenters. The topological polar surface area (TPSA) is 76.0 Å². The van der Waals surface area contributed by atoms with Crippen molar-refractivity contribution in [1.29, 1.82) is 0 Å². The fourth-order valence-electron chi connectivity index (χ4n) is 4.02. The zero-order valence-electron chi connectivity index (χ0n) is 16.4.